The fourth-order valence-electron chi connectivity index (χ4n) is 1.46. The largest absolute Gasteiger partial charge is 0.394 e. The van der Waals surface area contributed by atoms with Crippen LogP contribution >= 0.6 is 0 Å². The Morgan fingerprint density at radius 3 is 2.80 bits per heavy atom. The molecule has 0 fully saturated rings. The van der Waals surface area contributed by atoms with Gasteiger partial charge in [0.05, 0.1) is 11.4 Å². The maximum Gasteiger partial charge on any atom is 0.148 e. The lowest BCUT2D eigenvalue weighted by molar-refractivity contribution is 0.737. The number of nitrogens with zero attached hydrogens (tertiary/aromatic N) is 2. The van der Waals surface area contributed by atoms with Crippen molar-refractivity contribution in [3.8, 4) is 0 Å². The molecule has 0 saturated heterocycles. The molecular formula is C11H20N4. The van der Waals surface area contributed by atoms with Crippen molar-refractivity contribution in [3.63, 3.8) is 0 Å². The highest BCUT2D eigenvalue weighted by molar-refractivity contribution is 5.65. The summed E-state index contributed by atoms with van der Waals surface area (Å²) >= 11 is 0. The molecule has 4 nitrogen and oxygen atoms in total. The number of hydrogen-bond donors (Lipinski definition) is 2. The van der Waals surface area contributed by atoms with Gasteiger partial charge in [-0.05, 0) is 13.3 Å². The summed E-state index contributed by atoms with van der Waals surface area (Å²) in [6.45, 7) is 8.67. The molecule has 0 unspecified atom stereocenters. The molecule has 0 aliphatic carbocycles. The van der Waals surface area contributed by atoms with E-state index in [1.54, 1.807) is 4.68 Å². The lowest BCUT2D eigenvalue weighted by Crippen LogP contribution is -2.08. The maximum atomic E-state index is 6.00. The highest BCUT2D eigenvalue weighted by Gasteiger charge is 2.11. The second-order valence-electron chi connectivity index (χ2n) is 3.89. The highest BCUT2D eigenvalue weighted by Crippen LogP contribution is 2.22. The van der Waals surface area contributed by atoms with Crippen LogP contribution in [0.3, 0.4) is 0 Å². The van der Waals surface area contributed by atoms with Crippen molar-refractivity contribution < 1.29 is 0 Å². The Bertz CT molecular complexity index is 352. The monoisotopic (exact) mass is 208 g/mol. The summed E-state index contributed by atoms with van der Waals surface area (Å²) in [5.74, 6) is 0.890. The summed E-state index contributed by atoms with van der Waals surface area (Å²) in [6, 6.07) is 0. The van der Waals surface area contributed by atoms with E-state index in [0.29, 0.717) is 0 Å². The van der Waals surface area contributed by atoms with E-state index in [1.165, 1.54) is 0 Å². The molecule has 84 valence electrons. The molecule has 0 spiro atoms. The number of nitrogens with two attached hydrogens (primary N) is 1. The second-order valence-corrected chi connectivity index (χ2v) is 3.89. The average molecular weight is 208 g/mol. The van der Waals surface area contributed by atoms with Crippen LogP contribution in [0.5, 0.6) is 0 Å². The second kappa shape index (κ2) is 4.87. The van der Waals surface area contributed by atoms with Gasteiger partial charge < -0.3 is 11.1 Å². The zero-order valence-corrected chi connectivity index (χ0v) is 9.80. The number of aryl methyl sites for hydroxylation is 2. The molecule has 0 aromatic carbocycles. The number of nitrogens with one attached hydrogen (secondary N) is 1. The molecule has 1 heterocycles. The van der Waals surface area contributed by atoms with Gasteiger partial charge in [-0.15, -0.1) is 0 Å². The van der Waals surface area contributed by atoms with Crippen LogP contribution < -0.4 is 11.1 Å². The summed E-state index contributed by atoms with van der Waals surface area (Å²) in [5, 5.41) is 7.61. The SMILES string of the molecule is C=C(C)CNc1c(N)c(CCC)nn1C. The van der Waals surface area contributed by atoms with E-state index in [0.717, 1.165) is 42.2 Å². The molecule has 4 heteroatoms. The summed E-state index contributed by atoms with van der Waals surface area (Å²) in [6.07, 6.45) is 1.98. The van der Waals surface area contributed by atoms with Gasteiger partial charge in [-0.3, -0.25) is 4.68 Å². The van der Waals surface area contributed by atoms with Crippen LogP contribution in [0, 0.1) is 0 Å². The van der Waals surface area contributed by atoms with Crippen molar-refractivity contribution in [2.45, 2.75) is 26.7 Å². The first-order chi connectivity index (χ1) is 7.06. The minimum Gasteiger partial charge on any atom is -0.394 e. The number of rotatable bonds is 5. The fourth-order valence-corrected chi connectivity index (χ4v) is 1.46. The van der Waals surface area contributed by atoms with Crippen molar-refractivity contribution in [2.75, 3.05) is 17.6 Å². The molecule has 0 atom stereocenters. The molecule has 15 heavy (non-hydrogen) atoms. The van der Waals surface area contributed by atoms with E-state index in [9.17, 15) is 0 Å². The van der Waals surface area contributed by atoms with Crippen molar-refractivity contribution in [1.82, 2.24) is 9.78 Å². The van der Waals surface area contributed by atoms with Crippen LogP contribution in [-0.4, -0.2) is 16.3 Å². The molecule has 0 aliphatic rings. The minimum absolute atomic E-state index is 0.731. The topological polar surface area (TPSA) is 55.9 Å². The van der Waals surface area contributed by atoms with E-state index in [1.807, 2.05) is 14.0 Å². The first-order valence-corrected chi connectivity index (χ1v) is 5.25. The molecule has 0 saturated carbocycles. The third-order valence-electron chi connectivity index (χ3n) is 2.20. The maximum absolute atomic E-state index is 6.00. The van der Waals surface area contributed by atoms with Gasteiger partial charge in [0.15, 0.2) is 0 Å². The van der Waals surface area contributed by atoms with Gasteiger partial charge in [-0.1, -0.05) is 25.5 Å². The van der Waals surface area contributed by atoms with E-state index in [-0.39, 0.29) is 0 Å². The molecule has 3 N–H and O–H groups in total. The molecule has 0 aliphatic heterocycles. The van der Waals surface area contributed by atoms with E-state index >= 15 is 0 Å². The van der Waals surface area contributed by atoms with Crippen molar-refractivity contribution in [1.29, 1.82) is 0 Å². The van der Waals surface area contributed by atoms with Crippen LogP contribution in [0.15, 0.2) is 12.2 Å². The Hall–Kier alpha value is -1.45. The van der Waals surface area contributed by atoms with Gasteiger partial charge in [-0.25, -0.2) is 0 Å². The van der Waals surface area contributed by atoms with Gasteiger partial charge in [0, 0.05) is 13.6 Å². The number of nitrogen functional groups attached to an aromatic ring is 1. The summed E-state index contributed by atoms with van der Waals surface area (Å²) < 4.78 is 1.79. The van der Waals surface area contributed by atoms with E-state index < -0.39 is 0 Å². The number of anilines is 2. The highest BCUT2D eigenvalue weighted by atomic mass is 15.3. The summed E-state index contributed by atoms with van der Waals surface area (Å²) in [4.78, 5) is 0. The Kier molecular flexibility index (Phi) is 3.77. The number of hydrogen-bond acceptors (Lipinski definition) is 3. The molecule has 1 aromatic heterocycles. The molecule has 1 rings (SSSR count). The summed E-state index contributed by atoms with van der Waals surface area (Å²) in [5.41, 5.74) is 8.82. The minimum atomic E-state index is 0.731. The van der Waals surface area contributed by atoms with Gasteiger partial charge in [-0.2, -0.15) is 5.10 Å². The molecule has 1 aromatic rings. The normalized spacial score (nSPS) is 10.3. The average Bonchev–Trinajstić information content (AvgIpc) is 2.40. The smallest absolute Gasteiger partial charge is 0.148 e. The van der Waals surface area contributed by atoms with Crippen molar-refractivity contribution in [3.05, 3.63) is 17.8 Å². The Balaban J connectivity index is 2.82. The van der Waals surface area contributed by atoms with Gasteiger partial charge >= 0.3 is 0 Å². The lowest BCUT2D eigenvalue weighted by Gasteiger charge is -2.06. The Labute approximate surface area is 91.2 Å². The standard InChI is InChI=1S/C11H20N4/c1-5-6-9-10(12)11(15(4)14-9)13-7-8(2)3/h13H,2,5-7,12H2,1,3-4H3. The van der Waals surface area contributed by atoms with Crippen LogP contribution in [0.1, 0.15) is 26.0 Å². The van der Waals surface area contributed by atoms with Gasteiger partial charge in [0.25, 0.3) is 0 Å². The predicted octanol–water partition coefficient (Wildman–Crippen LogP) is 1.94. The molecular weight excluding hydrogens is 188 g/mol. The van der Waals surface area contributed by atoms with E-state index in [4.69, 9.17) is 5.73 Å². The zero-order chi connectivity index (χ0) is 11.4. The third-order valence-corrected chi connectivity index (χ3v) is 2.20. The number of aromatic nitrogens is 2. The lowest BCUT2D eigenvalue weighted by atomic mass is 10.2. The van der Waals surface area contributed by atoms with E-state index in [2.05, 4.69) is 23.9 Å². The third kappa shape index (κ3) is 2.75. The van der Waals surface area contributed by atoms with Crippen molar-refractivity contribution in [2.24, 2.45) is 7.05 Å². The molecule has 0 bridgehead atoms. The van der Waals surface area contributed by atoms with Gasteiger partial charge in [0.1, 0.15) is 5.82 Å². The molecule has 0 amide bonds. The summed E-state index contributed by atoms with van der Waals surface area (Å²) in [7, 11) is 1.90. The first kappa shape index (κ1) is 11.6. The van der Waals surface area contributed by atoms with Crippen LogP contribution in [-0.2, 0) is 13.5 Å². The Morgan fingerprint density at radius 1 is 1.60 bits per heavy atom. The quantitative estimate of drug-likeness (QED) is 0.727. The van der Waals surface area contributed by atoms with Crippen LogP contribution in [0.25, 0.3) is 0 Å². The Morgan fingerprint density at radius 2 is 2.27 bits per heavy atom. The van der Waals surface area contributed by atoms with Crippen LogP contribution in [0.4, 0.5) is 11.5 Å². The predicted molar refractivity (Wildman–Crippen MR) is 64.9 cm³/mol. The van der Waals surface area contributed by atoms with Gasteiger partial charge in [0.2, 0.25) is 0 Å². The van der Waals surface area contributed by atoms with Crippen LogP contribution in [0.2, 0.25) is 0 Å². The molecule has 0 radical (unpaired) electrons. The fraction of sp³-hybridized carbons (Fsp3) is 0.545. The first-order valence-electron chi connectivity index (χ1n) is 5.25. The zero-order valence-electron chi connectivity index (χ0n) is 9.80. The van der Waals surface area contributed by atoms with Crippen molar-refractivity contribution >= 4 is 11.5 Å².